The summed E-state index contributed by atoms with van der Waals surface area (Å²) in [5, 5.41) is 2.45. The van der Waals surface area contributed by atoms with E-state index in [1.165, 1.54) is 23.5 Å². The standard InChI is InChI=1S/C22H20ClFN2O4S/c1-15-3-10-19(11-4-15)31(28,29)26(2)17-6-8-18(9-7-17)30-14-22(27)25-16-5-12-21(24)20(23)13-16/h3-13H,14H2,1-2H3,(H,25,27). The van der Waals surface area contributed by atoms with Crippen LogP contribution in [0.25, 0.3) is 0 Å². The van der Waals surface area contributed by atoms with Gasteiger partial charge < -0.3 is 10.1 Å². The maximum atomic E-state index is 13.2. The number of nitrogens with zero attached hydrogens (tertiary/aromatic N) is 1. The van der Waals surface area contributed by atoms with E-state index in [1.54, 1.807) is 48.5 Å². The molecule has 0 atom stereocenters. The summed E-state index contributed by atoms with van der Waals surface area (Å²) in [7, 11) is -2.23. The molecule has 162 valence electrons. The number of carbonyl (C=O) groups is 1. The first-order valence-electron chi connectivity index (χ1n) is 9.20. The molecule has 3 aromatic carbocycles. The van der Waals surface area contributed by atoms with Crippen molar-refractivity contribution in [2.75, 3.05) is 23.3 Å². The van der Waals surface area contributed by atoms with Gasteiger partial charge in [0.25, 0.3) is 15.9 Å². The number of sulfonamides is 1. The summed E-state index contributed by atoms with van der Waals surface area (Å²) in [6.07, 6.45) is 0. The highest BCUT2D eigenvalue weighted by atomic mass is 35.5. The Bertz CT molecular complexity index is 1180. The van der Waals surface area contributed by atoms with Gasteiger partial charge in [0.15, 0.2) is 6.61 Å². The van der Waals surface area contributed by atoms with Gasteiger partial charge in [-0.3, -0.25) is 9.10 Å². The van der Waals surface area contributed by atoms with E-state index < -0.39 is 21.7 Å². The number of hydrogen-bond acceptors (Lipinski definition) is 4. The average Bonchev–Trinajstić information content (AvgIpc) is 2.75. The molecule has 3 aromatic rings. The molecule has 0 aliphatic rings. The number of carbonyl (C=O) groups excluding carboxylic acids is 1. The first kappa shape index (κ1) is 22.6. The minimum atomic E-state index is -3.70. The number of rotatable bonds is 7. The van der Waals surface area contributed by atoms with E-state index in [4.69, 9.17) is 16.3 Å². The second-order valence-electron chi connectivity index (χ2n) is 6.75. The maximum Gasteiger partial charge on any atom is 0.264 e. The van der Waals surface area contributed by atoms with Gasteiger partial charge in [0.2, 0.25) is 0 Å². The van der Waals surface area contributed by atoms with Crippen LogP contribution in [0.2, 0.25) is 5.02 Å². The molecule has 0 aliphatic carbocycles. The van der Waals surface area contributed by atoms with Crippen LogP contribution >= 0.6 is 11.6 Å². The highest BCUT2D eigenvalue weighted by Crippen LogP contribution is 2.25. The summed E-state index contributed by atoms with van der Waals surface area (Å²) in [4.78, 5) is 12.2. The SMILES string of the molecule is Cc1ccc(S(=O)(=O)N(C)c2ccc(OCC(=O)Nc3ccc(F)c(Cl)c3)cc2)cc1. The monoisotopic (exact) mass is 462 g/mol. The Hall–Kier alpha value is -3.10. The predicted molar refractivity (Wildman–Crippen MR) is 119 cm³/mol. The van der Waals surface area contributed by atoms with Crippen molar-refractivity contribution in [2.45, 2.75) is 11.8 Å². The molecular formula is C22H20ClFN2O4S. The van der Waals surface area contributed by atoms with Crippen molar-refractivity contribution in [1.82, 2.24) is 0 Å². The molecule has 0 heterocycles. The number of aryl methyl sites for hydroxylation is 1. The van der Waals surface area contributed by atoms with E-state index in [0.717, 1.165) is 11.6 Å². The molecule has 3 rings (SSSR count). The summed E-state index contributed by atoms with van der Waals surface area (Å²) in [6, 6.07) is 16.7. The van der Waals surface area contributed by atoms with E-state index in [1.807, 2.05) is 6.92 Å². The number of hydrogen-bond donors (Lipinski definition) is 1. The maximum absolute atomic E-state index is 13.2. The quantitative estimate of drug-likeness (QED) is 0.555. The number of nitrogens with one attached hydrogen (secondary N) is 1. The minimum absolute atomic E-state index is 0.0981. The van der Waals surface area contributed by atoms with Crippen molar-refractivity contribution < 1.29 is 22.3 Å². The summed E-state index contributed by atoms with van der Waals surface area (Å²) < 4.78 is 45.3. The number of amides is 1. The van der Waals surface area contributed by atoms with Crippen LogP contribution in [0, 0.1) is 12.7 Å². The molecule has 0 bridgehead atoms. The van der Waals surface area contributed by atoms with Gasteiger partial charge in [-0.05, 0) is 61.5 Å². The van der Waals surface area contributed by atoms with Gasteiger partial charge in [-0.15, -0.1) is 0 Å². The van der Waals surface area contributed by atoms with Gasteiger partial charge in [-0.1, -0.05) is 29.3 Å². The lowest BCUT2D eigenvalue weighted by atomic mass is 10.2. The zero-order valence-corrected chi connectivity index (χ0v) is 18.4. The third-order valence-electron chi connectivity index (χ3n) is 4.45. The summed E-state index contributed by atoms with van der Waals surface area (Å²) in [6.45, 7) is 1.60. The van der Waals surface area contributed by atoms with Crippen molar-refractivity contribution in [1.29, 1.82) is 0 Å². The third kappa shape index (κ3) is 5.53. The Balaban J connectivity index is 1.61. The molecule has 1 amide bonds. The molecule has 6 nitrogen and oxygen atoms in total. The molecule has 0 aromatic heterocycles. The van der Waals surface area contributed by atoms with Crippen molar-refractivity contribution >= 4 is 38.9 Å². The van der Waals surface area contributed by atoms with Crippen LogP contribution in [-0.4, -0.2) is 28.0 Å². The molecule has 0 unspecified atom stereocenters. The molecule has 31 heavy (non-hydrogen) atoms. The van der Waals surface area contributed by atoms with Crippen LogP contribution in [0.5, 0.6) is 5.75 Å². The molecule has 1 N–H and O–H groups in total. The van der Waals surface area contributed by atoms with Crippen LogP contribution < -0.4 is 14.4 Å². The van der Waals surface area contributed by atoms with Crippen molar-refractivity contribution in [3.05, 3.63) is 83.1 Å². The Morgan fingerprint density at radius 1 is 1.06 bits per heavy atom. The fourth-order valence-corrected chi connectivity index (χ4v) is 4.06. The van der Waals surface area contributed by atoms with Crippen LogP contribution in [0.1, 0.15) is 5.56 Å². The molecule has 0 saturated heterocycles. The highest BCUT2D eigenvalue weighted by molar-refractivity contribution is 7.92. The number of ether oxygens (including phenoxy) is 1. The van der Waals surface area contributed by atoms with Crippen LogP contribution in [0.15, 0.2) is 71.6 Å². The summed E-state index contributed by atoms with van der Waals surface area (Å²) in [5.41, 5.74) is 1.76. The van der Waals surface area contributed by atoms with Crippen molar-refractivity contribution in [3.63, 3.8) is 0 Å². The van der Waals surface area contributed by atoms with Gasteiger partial charge in [-0.25, -0.2) is 12.8 Å². The van der Waals surface area contributed by atoms with Crippen LogP contribution in [-0.2, 0) is 14.8 Å². The fourth-order valence-electron chi connectivity index (χ4n) is 2.68. The van der Waals surface area contributed by atoms with Gasteiger partial charge in [0, 0.05) is 12.7 Å². The zero-order valence-electron chi connectivity index (χ0n) is 16.8. The fraction of sp³-hybridized carbons (Fsp3) is 0.136. The first-order valence-corrected chi connectivity index (χ1v) is 11.0. The number of anilines is 2. The zero-order chi connectivity index (χ0) is 22.6. The lowest BCUT2D eigenvalue weighted by molar-refractivity contribution is -0.118. The molecule has 0 spiro atoms. The highest BCUT2D eigenvalue weighted by Gasteiger charge is 2.21. The number of halogens is 2. The Kier molecular flexibility index (Phi) is 6.82. The summed E-state index contributed by atoms with van der Waals surface area (Å²) in [5.74, 6) is -0.645. The van der Waals surface area contributed by atoms with Gasteiger partial charge in [0.05, 0.1) is 15.6 Å². The van der Waals surface area contributed by atoms with Gasteiger partial charge >= 0.3 is 0 Å². The summed E-state index contributed by atoms with van der Waals surface area (Å²) >= 11 is 5.68. The average molecular weight is 463 g/mol. The predicted octanol–water partition coefficient (Wildman–Crippen LogP) is 4.63. The molecule has 9 heteroatoms. The van der Waals surface area contributed by atoms with Crippen molar-refractivity contribution in [2.24, 2.45) is 0 Å². The van der Waals surface area contributed by atoms with Gasteiger partial charge in [-0.2, -0.15) is 0 Å². The van der Waals surface area contributed by atoms with Crippen molar-refractivity contribution in [3.8, 4) is 5.75 Å². The van der Waals surface area contributed by atoms with E-state index in [9.17, 15) is 17.6 Å². The normalized spacial score (nSPS) is 11.1. The van der Waals surface area contributed by atoms with Crippen LogP contribution in [0.4, 0.5) is 15.8 Å². The Labute approximate surface area is 185 Å². The number of benzene rings is 3. The second kappa shape index (κ2) is 9.36. The third-order valence-corrected chi connectivity index (χ3v) is 6.54. The lowest BCUT2D eigenvalue weighted by Crippen LogP contribution is -2.26. The van der Waals surface area contributed by atoms with E-state index in [2.05, 4.69) is 5.32 Å². The smallest absolute Gasteiger partial charge is 0.264 e. The minimum Gasteiger partial charge on any atom is -0.484 e. The Morgan fingerprint density at radius 2 is 1.71 bits per heavy atom. The molecular weight excluding hydrogens is 443 g/mol. The molecule has 0 fully saturated rings. The largest absolute Gasteiger partial charge is 0.484 e. The van der Waals surface area contributed by atoms with E-state index in [0.29, 0.717) is 17.1 Å². The van der Waals surface area contributed by atoms with Gasteiger partial charge in [0.1, 0.15) is 11.6 Å². The Morgan fingerprint density at radius 3 is 2.32 bits per heavy atom. The second-order valence-corrected chi connectivity index (χ2v) is 9.12. The van der Waals surface area contributed by atoms with E-state index >= 15 is 0 Å². The molecule has 0 saturated carbocycles. The lowest BCUT2D eigenvalue weighted by Gasteiger charge is -2.20. The van der Waals surface area contributed by atoms with E-state index in [-0.39, 0.29) is 16.5 Å². The molecule has 0 aliphatic heterocycles. The topological polar surface area (TPSA) is 75.7 Å². The van der Waals surface area contributed by atoms with Crippen LogP contribution in [0.3, 0.4) is 0 Å². The molecule has 0 radical (unpaired) electrons. The first-order chi connectivity index (χ1) is 14.7.